The molecular weight excluding hydrogens is 355 g/mol. The van der Waals surface area contributed by atoms with Gasteiger partial charge in [0.1, 0.15) is 10.7 Å². The topological polar surface area (TPSA) is 97.9 Å². The largest absolute Gasteiger partial charge is 0.416 e. The molecule has 1 atom stereocenters. The number of hydrogen-bond acceptors (Lipinski definition) is 4. The molecule has 26 heavy (non-hydrogen) atoms. The van der Waals surface area contributed by atoms with Crippen molar-refractivity contribution >= 4 is 29.0 Å². The number of nitrogens with one attached hydrogen (secondary N) is 3. The lowest BCUT2D eigenvalue weighted by Gasteiger charge is -2.16. The van der Waals surface area contributed by atoms with E-state index < -0.39 is 6.03 Å². The van der Waals surface area contributed by atoms with Crippen LogP contribution in [0.15, 0.2) is 30.3 Å². The maximum absolute atomic E-state index is 13.5. The first kappa shape index (κ1) is 18.5. The van der Waals surface area contributed by atoms with Crippen molar-refractivity contribution in [2.24, 2.45) is 0 Å². The van der Waals surface area contributed by atoms with Crippen LogP contribution in [0.1, 0.15) is 28.9 Å². The van der Waals surface area contributed by atoms with Gasteiger partial charge < -0.3 is 10.6 Å². The molecule has 0 bridgehead atoms. The van der Waals surface area contributed by atoms with Crippen molar-refractivity contribution in [1.82, 2.24) is 10.6 Å². The highest BCUT2D eigenvalue weighted by molar-refractivity contribution is 7.18. The van der Waals surface area contributed by atoms with E-state index in [4.69, 9.17) is 0 Å². The zero-order chi connectivity index (χ0) is 18.5. The Morgan fingerprint density at radius 1 is 1.27 bits per heavy atom. The van der Waals surface area contributed by atoms with E-state index in [0.29, 0.717) is 21.0 Å². The second-order valence-electron chi connectivity index (χ2n) is 6.28. The quantitative estimate of drug-likeness (QED) is 0.657. The summed E-state index contributed by atoms with van der Waals surface area (Å²) in [6.07, 6.45) is 3.06. The first-order chi connectivity index (χ1) is 12.5. The van der Waals surface area contributed by atoms with Gasteiger partial charge in [0.15, 0.2) is 0 Å². The van der Waals surface area contributed by atoms with Crippen molar-refractivity contribution in [3.63, 3.8) is 0 Å². The first-order valence-electron chi connectivity index (χ1n) is 8.57. The Labute approximate surface area is 155 Å². The van der Waals surface area contributed by atoms with Gasteiger partial charge in [0.25, 0.3) is 5.91 Å². The summed E-state index contributed by atoms with van der Waals surface area (Å²) < 4.78 is 13.5. The van der Waals surface area contributed by atoms with Crippen LogP contribution in [0.25, 0.3) is 10.4 Å². The van der Waals surface area contributed by atoms with Crippen LogP contribution in [-0.2, 0) is 0 Å². The van der Waals surface area contributed by atoms with E-state index in [0.717, 1.165) is 32.4 Å². The third kappa shape index (κ3) is 4.66. The highest BCUT2D eigenvalue weighted by atomic mass is 32.1. The summed E-state index contributed by atoms with van der Waals surface area (Å²) >= 11 is 1.22. The number of amides is 3. The molecule has 138 valence electrons. The molecule has 2 aromatic rings. The Morgan fingerprint density at radius 2 is 2.12 bits per heavy atom. The Bertz CT molecular complexity index is 800. The number of rotatable bonds is 4. The minimum Gasteiger partial charge on any atom is -0.347 e. The Balaban J connectivity index is 1.86. The maximum Gasteiger partial charge on any atom is 0.416 e. The summed E-state index contributed by atoms with van der Waals surface area (Å²) in [4.78, 5) is 25.3. The molecule has 0 aliphatic carbocycles. The van der Waals surface area contributed by atoms with Gasteiger partial charge in [-0.3, -0.25) is 15.8 Å². The highest BCUT2D eigenvalue weighted by Crippen LogP contribution is 2.35. The smallest absolute Gasteiger partial charge is 0.347 e. The lowest BCUT2D eigenvalue weighted by Crippen LogP contribution is -2.59. The molecule has 1 saturated heterocycles. The van der Waals surface area contributed by atoms with Crippen molar-refractivity contribution in [1.29, 1.82) is 0 Å². The standard InChI is InChI=1S/C18H21FN4O2S/c19-12-5-3-4-11(8-12)15-9-14(23-18(20)25)16(26-15)17(24)22-13-6-1-2-7-21-10-13/h3-5,8-9,13,21H,1-2,6-7,10H2,(H,22,24)(H3,20,23,25)/p+1. The third-order valence-electron chi connectivity index (χ3n) is 4.20. The van der Waals surface area contributed by atoms with E-state index in [1.807, 2.05) is 0 Å². The van der Waals surface area contributed by atoms with Crippen LogP contribution in [0.3, 0.4) is 0 Å². The van der Waals surface area contributed by atoms with E-state index >= 15 is 0 Å². The molecule has 1 fully saturated rings. The van der Waals surface area contributed by atoms with Crippen molar-refractivity contribution in [2.45, 2.75) is 25.3 Å². The lowest BCUT2D eigenvalue weighted by molar-refractivity contribution is -0.242. The van der Waals surface area contributed by atoms with E-state index in [1.165, 1.54) is 23.5 Å². The lowest BCUT2D eigenvalue weighted by atomic mass is 10.1. The number of quaternary nitrogens is 1. The van der Waals surface area contributed by atoms with Crippen LogP contribution in [0.4, 0.5) is 14.9 Å². The SMILES string of the molecule is [NH3+]C(=O)Nc1cc(-c2cccc(F)c2)sc1C(=O)NC1CCCCNC1. The number of urea groups is 1. The van der Waals surface area contributed by atoms with Crippen LogP contribution in [-0.4, -0.2) is 31.1 Å². The molecule has 6 N–H and O–H groups in total. The summed E-state index contributed by atoms with van der Waals surface area (Å²) in [6, 6.07) is 7.37. The number of carbonyl (C=O) groups excluding carboxylic acids is 2. The van der Waals surface area contributed by atoms with Gasteiger partial charge in [-0.05, 0) is 43.1 Å². The second kappa shape index (κ2) is 8.39. The molecule has 0 spiro atoms. The average molecular weight is 377 g/mol. The molecule has 1 aromatic carbocycles. The van der Waals surface area contributed by atoms with Crippen molar-refractivity contribution in [3.05, 3.63) is 41.0 Å². The fourth-order valence-electron chi connectivity index (χ4n) is 2.98. The van der Waals surface area contributed by atoms with Gasteiger partial charge in [-0.25, -0.2) is 9.18 Å². The number of halogens is 1. The van der Waals surface area contributed by atoms with Crippen LogP contribution >= 0.6 is 11.3 Å². The van der Waals surface area contributed by atoms with E-state index in [9.17, 15) is 14.0 Å². The summed E-state index contributed by atoms with van der Waals surface area (Å²) in [7, 11) is 0. The molecule has 1 aliphatic heterocycles. The average Bonchev–Trinajstić information content (AvgIpc) is 2.83. The van der Waals surface area contributed by atoms with Gasteiger partial charge in [0, 0.05) is 17.5 Å². The predicted octanol–water partition coefficient (Wildman–Crippen LogP) is 2.20. The highest BCUT2D eigenvalue weighted by Gasteiger charge is 2.22. The van der Waals surface area contributed by atoms with E-state index in [1.54, 1.807) is 18.2 Å². The van der Waals surface area contributed by atoms with Crippen molar-refractivity contribution < 1.29 is 19.7 Å². The molecule has 8 heteroatoms. The van der Waals surface area contributed by atoms with Gasteiger partial charge in [0.05, 0.1) is 5.69 Å². The van der Waals surface area contributed by atoms with Gasteiger partial charge >= 0.3 is 6.03 Å². The molecule has 6 nitrogen and oxygen atoms in total. The van der Waals surface area contributed by atoms with Crippen LogP contribution in [0.2, 0.25) is 0 Å². The minimum atomic E-state index is -0.501. The molecule has 1 unspecified atom stereocenters. The Hall–Kier alpha value is -2.29. The molecule has 3 rings (SSSR count). The normalized spacial score (nSPS) is 17.4. The molecule has 3 amide bonds. The molecule has 2 heterocycles. The minimum absolute atomic E-state index is 0.0491. The number of hydrogen-bond donors (Lipinski definition) is 4. The van der Waals surface area contributed by atoms with E-state index in [2.05, 4.69) is 21.7 Å². The third-order valence-corrected chi connectivity index (χ3v) is 5.39. The number of benzene rings is 1. The zero-order valence-electron chi connectivity index (χ0n) is 14.3. The Morgan fingerprint density at radius 3 is 2.88 bits per heavy atom. The number of carbonyl (C=O) groups is 2. The predicted molar refractivity (Wildman–Crippen MR) is 99.6 cm³/mol. The monoisotopic (exact) mass is 377 g/mol. The molecule has 1 aliphatic rings. The summed E-state index contributed by atoms with van der Waals surface area (Å²) in [5.41, 5.74) is 4.37. The van der Waals surface area contributed by atoms with Crippen LogP contribution < -0.4 is 21.7 Å². The molecule has 0 radical (unpaired) electrons. The van der Waals surface area contributed by atoms with Gasteiger partial charge in [-0.1, -0.05) is 18.6 Å². The number of anilines is 1. The fraction of sp³-hybridized carbons (Fsp3) is 0.333. The zero-order valence-corrected chi connectivity index (χ0v) is 15.1. The molecular formula is C18H22FN4O2S+. The van der Waals surface area contributed by atoms with Gasteiger partial charge in [-0.15, -0.1) is 11.3 Å². The Kier molecular flexibility index (Phi) is 5.97. The maximum atomic E-state index is 13.5. The molecule has 1 aromatic heterocycles. The molecule has 0 saturated carbocycles. The number of thiophene rings is 1. The van der Waals surface area contributed by atoms with Crippen molar-refractivity contribution in [3.8, 4) is 10.4 Å². The fourth-order valence-corrected chi connectivity index (χ4v) is 3.99. The first-order valence-corrected chi connectivity index (χ1v) is 9.39. The van der Waals surface area contributed by atoms with Gasteiger partial charge in [-0.2, -0.15) is 0 Å². The van der Waals surface area contributed by atoms with Crippen LogP contribution in [0, 0.1) is 5.82 Å². The van der Waals surface area contributed by atoms with E-state index in [-0.39, 0.29) is 17.8 Å². The summed E-state index contributed by atoms with van der Waals surface area (Å²) in [6.45, 7) is 1.68. The van der Waals surface area contributed by atoms with Crippen LogP contribution in [0.5, 0.6) is 0 Å². The second-order valence-corrected chi connectivity index (χ2v) is 7.33. The van der Waals surface area contributed by atoms with Gasteiger partial charge in [0.2, 0.25) is 0 Å². The summed E-state index contributed by atoms with van der Waals surface area (Å²) in [5.74, 6) is -0.593. The summed E-state index contributed by atoms with van der Waals surface area (Å²) in [5, 5.41) is 8.93. The van der Waals surface area contributed by atoms with Crippen molar-refractivity contribution in [2.75, 3.05) is 18.4 Å².